The monoisotopic (exact) mass is 425 g/mol. The minimum atomic E-state index is -0.493. The number of anilines is 1. The van der Waals surface area contributed by atoms with Crippen molar-refractivity contribution in [3.05, 3.63) is 41.6 Å². The van der Waals surface area contributed by atoms with Crippen molar-refractivity contribution in [2.24, 2.45) is 11.8 Å². The van der Waals surface area contributed by atoms with E-state index in [2.05, 4.69) is 20.5 Å². The van der Waals surface area contributed by atoms with Gasteiger partial charge < -0.3 is 10.4 Å². The molecule has 1 unspecified atom stereocenters. The molecular weight excluding hydrogens is 404 g/mol. The van der Waals surface area contributed by atoms with Crippen molar-refractivity contribution in [3.63, 3.8) is 0 Å². The molecule has 3 aliphatic carbocycles. The maximum Gasteiger partial charge on any atom is 0.290 e. The van der Waals surface area contributed by atoms with E-state index in [1.165, 1.54) is 37.8 Å². The van der Waals surface area contributed by atoms with Gasteiger partial charge in [-0.1, -0.05) is 12.8 Å². The average Bonchev–Trinajstić information content (AvgIpc) is 3.19. The number of hydrogen-bond donors (Lipinski definition) is 3. The predicted molar refractivity (Wildman–Crippen MR) is 110 cm³/mol. The molecule has 2 bridgehead atoms. The molecule has 3 N–H and O–H groups in total. The zero-order chi connectivity index (χ0) is 22.0. The summed E-state index contributed by atoms with van der Waals surface area (Å²) >= 11 is 0. The van der Waals surface area contributed by atoms with E-state index in [9.17, 15) is 14.0 Å². The minimum Gasteiger partial charge on any atom is -0.483 e. The molecule has 7 nitrogen and oxygen atoms in total. The number of benzene rings is 1. The Kier molecular flexibility index (Phi) is 5.80. The van der Waals surface area contributed by atoms with Crippen LogP contribution >= 0.6 is 0 Å². The highest BCUT2D eigenvalue weighted by Gasteiger charge is 2.35. The number of halogens is 2. The van der Waals surface area contributed by atoms with E-state index >= 15 is 0 Å². The van der Waals surface area contributed by atoms with Crippen LogP contribution < -0.4 is 5.32 Å². The number of rotatable bonds is 3. The van der Waals surface area contributed by atoms with Gasteiger partial charge in [0.05, 0.1) is 29.2 Å². The molecule has 0 radical (unpaired) electrons. The van der Waals surface area contributed by atoms with Crippen LogP contribution in [0.25, 0.3) is 22.3 Å². The fourth-order valence-corrected chi connectivity index (χ4v) is 4.82. The number of hydrogen-bond acceptors (Lipinski definition) is 5. The van der Waals surface area contributed by atoms with Gasteiger partial charge in [0.25, 0.3) is 6.47 Å². The lowest BCUT2D eigenvalue weighted by Gasteiger charge is -2.43. The van der Waals surface area contributed by atoms with Crippen molar-refractivity contribution in [1.82, 2.24) is 15.2 Å². The number of nitrogens with zero attached hydrogens (tertiary/aromatic N) is 3. The second kappa shape index (κ2) is 8.68. The van der Waals surface area contributed by atoms with Crippen LogP contribution in [0.15, 0.2) is 24.4 Å². The highest BCUT2D eigenvalue weighted by molar-refractivity contribution is 5.93. The lowest BCUT2D eigenvalue weighted by molar-refractivity contribution is -0.122. The number of nitriles is 1. The van der Waals surface area contributed by atoms with Crippen molar-refractivity contribution < 1.29 is 18.7 Å². The van der Waals surface area contributed by atoms with Crippen LogP contribution in [-0.2, 0) is 4.79 Å². The molecule has 0 amide bonds. The summed E-state index contributed by atoms with van der Waals surface area (Å²) < 4.78 is 28.4. The van der Waals surface area contributed by atoms with Gasteiger partial charge in [0.15, 0.2) is 5.65 Å². The Morgan fingerprint density at radius 2 is 1.97 bits per heavy atom. The molecule has 0 aliphatic heterocycles. The van der Waals surface area contributed by atoms with E-state index in [0.29, 0.717) is 39.8 Å². The standard InChI is InChI=1S/C21H19F2N5.CH2O2/c22-14-7-16-20(27-28-21(16)25-10-14)15-8-19(17(23)6-13(15)9-24)26-18-5-11-1-3-12(18)4-2-11;2-1-3/h6-8,10-12,18,26H,1-5H2,(H,25,27,28);1H,(H,2,3). The molecule has 3 fully saturated rings. The molecule has 160 valence electrons. The van der Waals surface area contributed by atoms with Crippen LogP contribution in [0.3, 0.4) is 0 Å². The fourth-order valence-electron chi connectivity index (χ4n) is 4.82. The summed E-state index contributed by atoms with van der Waals surface area (Å²) in [6.45, 7) is -0.250. The Labute approximate surface area is 177 Å². The number of nitrogens with one attached hydrogen (secondary N) is 2. The second-order valence-corrected chi connectivity index (χ2v) is 7.99. The van der Waals surface area contributed by atoms with Gasteiger partial charge in [0.2, 0.25) is 0 Å². The highest BCUT2D eigenvalue weighted by atomic mass is 19.1. The largest absolute Gasteiger partial charge is 0.483 e. The van der Waals surface area contributed by atoms with Gasteiger partial charge in [-0.2, -0.15) is 10.4 Å². The first-order valence-corrected chi connectivity index (χ1v) is 10.1. The summed E-state index contributed by atoms with van der Waals surface area (Å²) in [6, 6.07) is 6.47. The van der Waals surface area contributed by atoms with E-state index in [0.717, 1.165) is 12.6 Å². The first-order valence-electron chi connectivity index (χ1n) is 10.1. The summed E-state index contributed by atoms with van der Waals surface area (Å²) in [7, 11) is 0. The van der Waals surface area contributed by atoms with Crippen LogP contribution in [0, 0.1) is 34.8 Å². The third-order valence-electron chi connectivity index (χ3n) is 6.26. The lowest BCUT2D eigenvalue weighted by atomic mass is 9.68. The van der Waals surface area contributed by atoms with Gasteiger partial charge >= 0.3 is 0 Å². The van der Waals surface area contributed by atoms with Crippen molar-refractivity contribution in [1.29, 1.82) is 5.26 Å². The molecule has 31 heavy (non-hydrogen) atoms. The predicted octanol–water partition coefficient (Wildman–Crippen LogP) is 4.47. The molecule has 1 atom stereocenters. The molecule has 3 aliphatic rings. The van der Waals surface area contributed by atoms with Crippen molar-refractivity contribution in [2.75, 3.05) is 5.32 Å². The van der Waals surface area contributed by atoms with E-state index in [-0.39, 0.29) is 18.1 Å². The Morgan fingerprint density at radius 3 is 2.61 bits per heavy atom. The molecular formula is C22H21F2N5O2. The van der Waals surface area contributed by atoms with E-state index in [4.69, 9.17) is 9.90 Å². The normalized spacial score (nSPS) is 21.8. The Bertz CT molecular complexity index is 1150. The Morgan fingerprint density at radius 1 is 1.23 bits per heavy atom. The highest BCUT2D eigenvalue weighted by Crippen LogP contribution is 2.43. The number of aromatic nitrogens is 3. The third-order valence-corrected chi connectivity index (χ3v) is 6.26. The van der Waals surface area contributed by atoms with Crippen LogP contribution in [0.4, 0.5) is 14.5 Å². The van der Waals surface area contributed by atoms with Crippen LogP contribution in [0.2, 0.25) is 0 Å². The molecule has 9 heteroatoms. The molecule has 2 aromatic heterocycles. The van der Waals surface area contributed by atoms with Gasteiger partial charge in [0, 0.05) is 17.0 Å². The Hall–Kier alpha value is -3.54. The van der Waals surface area contributed by atoms with Gasteiger partial charge in [-0.3, -0.25) is 9.89 Å². The van der Waals surface area contributed by atoms with Crippen molar-refractivity contribution >= 4 is 23.2 Å². The average molecular weight is 425 g/mol. The van der Waals surface area contributed by atoms with E-state index in [1.807, 2.05) is 6.07 Å². The maximum absolute atomic E-state index is 14.7. The molecule has 0 spiro atoms. The number of carbonyl (C=O) groups is 1. The topological polar surface area (TPSA) is 115 Å². The summed E-state index contributed by atoms with van der Waals surface area (Å²) in [6.07, 6.45) is 7.05. The van der Waals surface area contributed by atoms with Crippen LogP contribution in [0.1, 0.15) is 37.7 Å². The number of H-pyrrole nitrogens is 1. The smallest absolute Gasteiger partial charge is 0.290 e. The first kappa shape index (κ1) is 20.7. The van der Waals surface area contributed by atoms with Crippen LogP contribution in [0.5, 0.6) is 0 Å². The van der Waals surface area contributed by atoms with E-state index in [1.54, 1.807) is 6.07 Å². The number of carboxylic acid groups (broad SMARTS) is 1. The van der Waals surface area contributed by atoms with Gasteiger partial charge in [-0.25, -0.2) is 13.8 Å². The molecule has 1 aromatic carbocycles. The molecule has 3 aromatic rings. The third kappa shape index (κ3) is 4.06. The Balaban J connectivity index is 0.000000730. The van der Waals surface area contributed by atoms with Crippen molar-refractivity contribution in [2.45, 2.75) is 38.1 Å². The zero-order valence-corrected chi connectivity index (χ0v) is 16.6. The molecule has 0 saturated heterocycles. The van der Waals surface area contributed by atoms with E-state index < -0.39 is 11.6 Å². The maximum atomic E-state index is 14.7. The molecule has 3 saturated carbocycles. The quantitative estimate of drug-likeness (QED) is 0.534. The number of pyridine rings is 1. The second-order valence-electron chi connectivity index (χ2n) is 7.99. The van der Waals surface area contributed by atoms with Gasteiger partial charge in [-0.15, -0.1) is 0 Å². The fraction of sp³-hybridized carbons (Fsp3) is 0.364. The summed E-state index contributed by atoms with van der Waals surface area (Å²) in [5.41, 5.74) is 1.85. The minimum absolute atomic E-state index is 0.169. The summed E-state index contributed by atoms with van der Waals surface area (Å²) in [4.78, 5) is 12.3. The first-order chi connectivity index (χ1) is 15.0. The lowest BCUT2D eigenvalue weighted by Crippen LogP contribution is -2.40. The number of fused-ring (bicyclic) bond motifs is 4. The summed E-state index contributed by atoms with van der Waals surface area (Å²) in [5, 5.41) is 27.2. The SMILES string of the molecule is N#Cc1cc(F)c(NC2CC3CCC2CC3)cc1-c1[nH]nc2ncc(F)cc12.O=CO. The van der Waals surface area contributed by atoms with Crippen LogP contribution in [-0.4, -0.2) is 32.8 Å². The zero-order valence-electron chi connectivity index (χ0n) is 16.6. The van der Waals surface area contributed by atoms with Gasteiger partial charge in [0.1, 0.15) is 11.6 Å². The summed E-state index contributed by atoms with van der Waals surface area (Å²) in [5.74, 6) is 0.339. The van der Waals surface area contributed by atoms with Gasteiger partial charge in [-0.05, 0) is 49.3 Å². The van der Waals surface area contributed by atoms with Crippen molar-refractivity contribution in [3.8, 4) is 17.3 Å². The molecule has 2 heterocycles. The number of aromatic amines is 1. The molecule has 6 rings (SSSR count).